The van der Waals surface area contributed by atoms with E-state index in [0.29, 0.717) is 29.5 Å². The molecule has 1 fully saturated rings. The number of ether oxygens (including phenoxy) is 1. The van der Waals surface area contributed by atoms with Crippen molar-refractivity contribution in [3.05, 3.63) is 29.7 Å². The Labute approximate surface area is 174 Å². The maximum Gasteiger partial charge on any atom is 0.490 e. The van der Waals surface area contributed by atoms with Crippen LogP contribution in [-0.4, -0.2) is 59.1 Å². The van der Waals surface area contributed by atoms with Gasteiger partial charge in [-0.05, 0) is 31.5 Å². The number of nitrogens with one attached hydrogen (secondary N) is 2. The predicted octanol–water partition coefficient (Wildman–Crippen LogP) is 1.73. The Balaban J connectivity index is 0.000000423. The maximum atomic E-state index is 12.2. The minimum absolute atomic E-state index is 0.0410. The lowest BCUT2D eigenvalue weighted by Crippen LogP contribution is -2.36. The van der Waals surface area contributed by atoms with Crippen molar-refractivity contribution in [2.45, 2.75) is 31.6 Å². The van der Waals surface area contributed by atoms with Crippen LogP contribution in [0.2, 0.25) is 0 Å². The molecule has 3 rings (SSSR count). The molecule has 2 atom stereocenters. The van der Waals surface area contributed by atoms with Gasteiger partial charge in [0.1, 0.15) is 5.75 Å². The Bertz CT molecular complexity index is 986. The molecule has 1 amide bonds. The number of carbonyl (C=O) groups excluding carboxylic acids is 1. The summed E-state index contributed by atoms with van der Waals surface area (Å²) in [6.45, 7) is 2.78. The van der Waals surface area contributed by atoms with E-state index < -0.39 is 18.1 Å². The van der Waals surface area contributed by atoms with Gasteiger partial charge in [-0.15, -0.1) is 10.2 Å². The number of carboxylic acid groups (broad SMARTS) is 1. The molecule has 2 aromatic rings. The van der Waals surface area contributed by atoms with E-state index >= 15 is 0 Å². The van der Waals surface area contributed by atoms with Gasteiger partial charge in [0.2, 0.25) is 0 Å². The van der Waals surface area contributed by atoms with E-state index in [1.54, 1.807) is 18.2 Å². The summed E-state index contributed by atoms with van der Waals surface area (Å²) in [6, 6.07) is 7.29. The van der Waals surface area contributed by atoms with Crippen molar-refractivity contribution < 1.29 is 37.0 Å². The van der Waals surface area contributed by atoms with E-state index in [-0.39, 0.29) is 17.8 Å². The lowest BCUT2D eigenvalue weighted by atomic mass is 10.1. The first-order chi connectivity index (χ1) is 14.5. The van der Waals surface area contributed by atoms with Gasteiger partial charge in [0.05, 0.1) is 24.3 Å². The average Bonchev–Trinajstić information content (AvgIpc) is 3.36. The van der Waals surface area contributed by atoms with E-state index in [1.807, 2.05) is 6.07 Å². The molecule has 0 saturated carbocycles. The molecule has 166 valence electrons. The molecule has 1 saturated heterocycles. The first-order valence-corrected chi connectivity index (χ1v) is 8.81. The zero-order chi connectivity index (χ0) is 23.2. The Hall–Kier alpha value is -3.66. The number of carbonyl (C=O) groups is 2. The molecular formula is C18H18F3N5O5. The molecule has 0 radical (unpaired) electrons. The molecule has 3 N–H and O–H groups in total. The minimum Gasteiger partial charge on any atom is -0.496 e. The Kier molecular flexibility index (Phi) is 7.54. The van der Waals surface area contributed by atoms with Gasteiger partial charge in [-0.25, -0.2) is 4.79 Å². The molecule has 0 unspecified atom stereocenters. The highest BCUT2D eigenvalue weighted by molar-refractivity contribution is 5.90. The molecule has 0 aliphatic carbocycles. The average molecular weight is 441 g/mol. The number of nitrogens with zero attached hydrogens (tertiary/aromatic N) is 3. The molecule has 0 spiro atoms. The van der Waals surface area contributed by atoms with Crippen molar-refractivity contribution in [1.29, 1.82) is 5.26 Å². The Morgan fingerprint density at radius 3 is 2.58 bits per heavy atom. The van der Waals surface area contributed by atoms with Crippen LogP contribution in [0.5, 0.6) is 5.75 Å². The number of halogens is 3. The number of aliphatic carboxylic acids is 1. The lowest BCUT2D eigenvalue weighted by molar-refractivity contribution is -0.192. The first kappa shape index (κ1) is 23.6. The normalized spacial score (nSPS) is 17.8. The van der Waals surface area contributed by atoms with E-state index in [0.717, 1.165) is 6.42 Å². The molecule has 0 bridgehead atoms. The summed E-state index contributed by atoms with van der Waals surface area (Å²) >= 11 is 0. The van der Waals surface area contributed by atoms with Crippen LogP contribution in [0.15, 0.2) is 22.6 Å². The number of hydrogen-bond acceptors (Lipinski definition) is 8. The van der Waals surface area contributed by atoms with Crippen molar-refractivity contribution in [2.75, 3.05) is 13.7 Å². The van der Waals surface area contributed by atoms with Gasteiger partial charge in [-0.1, -0.05) is 0 Å². The zero-order valence-corrected chi connectivity index (χ0v) is 16.4. The second kappa shape index (κ2) is 9.90. The van der Waals surface area contributed by atoms with Crippen LogP contribution in [0.3, 0.4) is 0 Å². The number of alkyl halides is 3. The summed E-state index contributed by atoms with van der Waals surface area (Å²) in [5.74, 6) is -2.67. The molecule has 2 heterocycles. The molecule has 13 heteroatoms. The van der Waals surface area contributed by atoms with E-state index in [4.69, 9.17) is 24.3 Å². The predicted molar refractivity (Wildman–Crippen MR) is 98.0 cm³/mol. The van der Waals surface area contributed by atoms with Gasteiger partial charge >= 0.3 is 23.9 Å². The number of aromatic nitrogens is 2. The van der Waals surface area contributed by atoms with Crippen molar-refractivity contribution in [3.8, 4) is 23.3 Å². The van der Waals surface area contributed by atoms with Crippen LogP contribution in [0.25, 0.3) is 11.5 Å². The van der Waals surface area contributed by atoms with E-state index in [9.17, 15) is 18.0 Å². The highest BCUT2D eigenvalue weighted by Gasteiger charge is 2.38. The summed E-state index contributed by atoms with van der Waals surface area (Å²) < 4.78 is 42.4. The highest BCUT2D eigenvalue weighted by atomic mass is 19.4. The number of hydrogen-bond donors (Lipinski definition) is 3. The summed E-state index contributed by atoms with van der Waals surface area (Å²) in [5, 5.41) is 30.0. The zero-order valence-electron chi connectivity index (χ0n) is 16.4. The van der Waals surface area contributed by atoms with Crippen molar-refractivity contribution in [1.82, 2.24) is 20.8 Å². The summed E-state index contributed by atoms with van der Waals surface area (Å²) in [7, 11) is 1.50. The van der Waals surface area contributed by atoms with Crippen LogP contribution in [0.1, 0.15) is 29.6 Å². The van der Waals surface area contributed by atoms with E-state index in [2.05, 4.69) is 27.8 Å². The van der Waals surface area contributed by atoms with Crippen molar-refractivity contribution in [2.24, 2.45) is 0 Å². The van der Waals surface area contributed by atoms with Crippen molar-refractivity contribution in [3.63, 3.8) is 0 Å². The third kappa shape index (κ3) is 6.41. The molecule has 1 aromatic heterocycles. The second-order valence-corrected chi connectivity index (χ2v) is 6.46. The molecule has 31 heavy (non-hydrogen) atoms. The fourth-order valence-corrected chi connectivity index (χ4v) is 2.66. The molecule has 10 nitrogen and oxygen atoms in total. The molecule has 1 aromatic carbocycles. The van der Waals surface area contributed by atoms with Crippen LogP contribution in [0, 0.1) is 11.3 Å². The van der Waals surface area contributed by atoms with Gasteiger partial charge in [-0.3, -0.25) is 4.79 Å². The van der Waals surface area contributed by atoms with Gasteiger partial charge in [0.25, 0.3) is 5.89 Å². The van der Waals surface area contributed by atoms with Gasteiger partial charge < -0.3 is 24.9 Å². The smallest absolute Gasteiger partial charge is 0.490 e. The molecule has 1 aliphatic heterocycles. The summed E-state index contributed by atoms with van der Waals surface area (Å²) in [6.07, 6.45) is -4.23. The van der Waals surface area contributed by atoms with Crippen LogP contribution < -0.4 is 15.4 Å². The number of benzene rings is 1. The number of nitriles is 1. The number of methoxy groups -OCH3 is 1. The fraction of sp³-hybridized carbons (Fsp3) is 0.389. The number of amides is 1. The highest BCUT2D eigenvalue weighted by Crippen LogP contribution is 2.29. The van der Waals surface area contributed by atoms with Gasteiger partial charge in [0.15, 0.2) is 0 Å². The second-order valence-electron chi connectivity index (χ2n) is 6.46. The Morgan fingerprint density at radius 2 is 2.06 bits per heavy atom. The van der Waals surface area contributed by atoms with Crippen LogP contribution >= 0.6 is 0 Å². The van der Waals surface area contributed by atoms with Gasteiger partial charge in [-0.2, -0.15) is 18.4 Å². The van der Waals surface area contributed by atoms with Crippen molar-refractivity contribution >= 4 is 11.9 Å². The van der Waals surface area contributed by atoms with Gasteiger partial charge in [0, 0.05) is 18.6 Å². The quantitative estimate of drug-likeness (QED) is 0.644. The molecule has 1 aliphatic rings. The number of rotatable bonds is 4. The fourth-order valence-electron chi connectivity index (χ4n) is 2.66. The minimum atomic E-state index is -5.08. The van der Waals surface area contributed by atoms with Crippen LogP contribution in [0.4, 0.5) is 13.2 Å². The third-order valence-corrected chi connectivity index (χ3v) is 4.11. The first-order valence-electron chi connectivity index (χ1n) is 8.81. The number of carboxylic acids is 1. The van der Waals surface area contributed by atoms with Crippen LogP contribution in [-0.2, 0) is 4.79 Å². The maximum absolute atomic E-state index is 12.2. The summed E-state index contributed by atoms with van der Waals surface area (Å²) in [5.41, 5.74) is 0.903. The third-order valence-electron chi connectivity index (χ3n) is 4.11. The monoisotopic (exact) mass is 441 g/mol. The largest absolute Gasteiger partial charge is 0.496 e. The standard InChI is InChI=1S/C16H17N5O3.C2HF3O2/c1-9-5-11(8-18-9)19-14(22)16-21-20-15(24-16)12-6-10(7-17)3-4-13(12)23-2;3-2(4,5)1(6)7/h3-4,6,9,11,18H,5,8H2,1-2H3,(H,19,22);(H,6,7)/t9-,11-;/m1./s1. The SMILES string of the molecule is COc1ccc(C#N)cc1-c1nnc(C(=O)N[C@H]2CN[C@H](C)C2)o1.O=C(O)C(F)(F)F. The Morgan fingerprint density at radius 1 is 1.39 bits per heavy atom. The lowest BCUT2D eigenvalue weighted by Gasteiger charge is -2.08. The van der Waals surface area contributed by atoms with E-state index in [1.165, 1.54) is 7.11 Å². The molecular weight excluding hydrogens is 423 g/mol. The topological polar surface area (TPSA) is 150 Å². The summed E-state index contributed by atoms with van der Waals surface area (Å²) in [4.78, 5) is 21.1.